The highest BCUT2D eigenvalue weighted by molar-refractivity contribution is 7.17. The van der Waals surface area contributed by atoms with E-state index in [4.69, 9.17) is 0 Å². The average molecular weight is 298 g/mol. The molecule has 0 radical (unpaired) electrons. The van der Waals surface area contributed by atoms with E-state index in [1.165, 1.54) is 22.5 Å². The van der Waals surface area contributed by atoms with Crippen molar-refractivity contribution < 1.29 is 18.3 Å². The Labute approximate surface area is 116 Å². The van der Waals surface area contributed by atoms with Crippen LogP contribution in [-0.4, -0.2) is 22.9 Å². The largest absolute Gasteiger partial charge is 0.468 e. The van der Waals surface area contributed by atoms with E-state index in [1.807, 2.05) is 0 Å². The van der Waals surface area contributed by atoms with Crippen molar-refractivity contribution in [3.8, 4) is 11.1 Å². The highest BCUT2D eigenvalue weighted by atomic mass is 31.0. The molecule has 4 nitrogen and oxygen atoms in total. The first-order valence-corrected chi connectivity index (χ1v) is 6.36. The van der Waals surface area contributed by atoms with Crippen LogP contribution < -0.4 is 0 Å². The second kappa shape index (κ2) is 5.67. The van der Waals surface area contributed by atoms with Crippen molar-refractivity contribution in [2.24, 2.45) is 0 Å². The van der Waals surface area contributed by atoms with Gasteiger partial charge in [-0.1, -0.05) is 39.6 Å². The fourth-order valence-electron chi connectivity index (χ4n) is 1.77. The zero-order valence-electron chi connectivity index (χ0n) is 10.7. The summed E-state index contributed by atoms with van der Waals surface area (Å²) in [6, 6.07) is 8.70. The van der Waals surface area contributed by atoms with E-state index in [1.54, 1.807) is 30.3 Å². The van der Waals surface area contributed by atoms with Gasteiger partial charge in [-0.3, -0.25) is 9.48 Å². The summed E-state index contributed by atoms with van der Waals surface area (Å²) >= 11 is 0. The van der Waals surface area contributed by atoms with E-state index < -0.39 is 17.3 Å². The lowest BCUT2D eigenvalue weighted by molar-refractivity contribution is -0.141. The minimum absolute atomic E-state index is 0.211. The molecule has 0 aliphatic carbocycles. The molecule has 0 spiro atoms. The molecular weight excluding hydrogens is 285 g/mol. The van der Waals surface area contributed by atoms with Gasteiger partial charge in [0.15, 0.2) is 0 Å². The number of aromatic nitrogens is 2. The lowest BCUT2D eigenvalue weighted by atomic mass is 10.1. The van der Waals surface area contributed by atoms with Crippen LogP contribution >= 0.6 is 9.24 Å². The first kappa shape index (κ1) is 14.6. The second-order valence-electron chi connectivity index (χ2n) is 4.15. The Morgan fingerprint density at radius 3 is 2.60 bits per heavy atom. The molecule has 0 saturated heterocycles. The number of methoxy groups -OCH3 is 1. The highest BCUT2D eigenvalue weighted by Gasteiger charge is 2.32. The predicted octanol–water partition coefficient (Wildman–Crippen LogP) is 2.65. The van der Waals surface area contributed by atoms with Gasteiger partial charge in [-0.05, 0) is 5.56 Å². The summed E-state index contributed by atoms with van der Waals surface area (Å²) in [5.74, 6) is -0.550. The average Bonchev–Trinajstić information content (AvgIpc) is 2.83. The van der Waals surface area contributed by atoms with E-state index in [0.29, 0.717) is 5.56 Å². The maximum absolute atomic E-state index is 13.6. The van der Waals surface area contributed by atoms with Gasteiger partial charge in [0.1, 0.15) is 12.2 Å². The van der Waals surface area contributed by atoms with E-state index >= 15 is 0 Å². The van der Waals surface area contributed by atoms with Crippen molar-refractivity contribution in [2.75, 3.05) is 7.11 Å². The quantitative estimate of drug-likeness (QED) is 0.644. The number of benzene rings is 1. The van der Waals surface area contributed by atoms with Crippen LogP contribution in [0, 0.1) is 0 Å². The van der Waals surface area contributed by atoms with Gasteiger partial charge < -0.3 is 4.74 Å². The first-order valence-electron chi connectivity index (χ1n) is 5.78. The normalized spacial score (nSPS) is 11.4. The summed E-state index contributed by atoms with van der Waals surface area (Å²) in [6.45, 7) is -0.211. The number of hydrogen-bond acceptors (Lipinski definition) is 3. The number of esters is 1. The number of rotatable bonds is 4. The molecule has 1 aromatic carbocycles. The molecule has 1 unspecified atom stereocenters. The first-order chi connectivity index (χ1) is 9.41. The van der Waals surface area contributed by atoms with Crippen LogP contribution in [0.1, 0.15) is 5.69 Å². The Hall–Kier alpha value is -1.81. The fraction of sp³-hybridized carbons (Fsp3) is 0.231. The van der Waals surface area contributed by atoms with Crippen molar-refractivity contribution in [1.82, 2.24) is 9.78 Å². The molecule has 2 aromatic rings. The number of alkyl halides is 2. The van der Waals surface area contributed by atoms with Gasteiger partial charge in [-0.2, -0.15) is 13.9 Å². The smallest absolute Gasteiger partial charge is 0.327 e. The van der Waals surface area contributed by atoms with Crippen LogP contribution in [0.15, 0.2) is 36.5 Å². The summed E-state index contributed by atoms with van der Waals surface area (Å²) in [6.07, 6.45) is 1.42. The third kappa shape index (κ3) is 3.20. The second-order valence-corrected chi connectivity index (χ2v) is 4.88. The van der Waals surface area contributed by atoms with E-state index in [2.05, 4.69) is 9.84 Å². The predicted molar refractivity (Wildman–Crippen MR) is 73.3 cm³/mol. The third-order valence-corrected chi connectivity index (χ3v) is 2.95. The molecule has 106 valence electrons. The summed E-state index contributed by atoms with van der Waals surface area (Å²) < 4.78 is 32.9. The molecule has 2 rings (SSSR count). The molecule has 0 bridgehead atoms. The molecular formula is C13H13F2N2O2P. The van der Waals surface area contributed by atoms with Gasteiger partial charge in [0.25, 0.3) is 0 Å². The fourth-order valence-corrected chi connectivity index (χ4v) is 1.99. The molecule has 7 heteroatoms. The number of nitrogens with zero attached hydrogens (tertiary/aromatic N) is 2. The van der Waals surface area contributed by atoms with E-state index in [-0.39, 0.29) is 12.1 Å². The monoisotopic (exact) mass is 298 g/mol. The molecule has 0 fully saturated rings. The molecule has 0 aliphatic heterocycles. The minimum Gasteiger partial charge on any atom is -0.468 e. The van der Waals surface area contributed by atoms with Crippen LogP contribution in [-0.2, 0) is 21.7 Å². The Kier molecular flexibility index (Phi) is 4.14. The van der Waals surface area contributed by atoms with Crippen molar-refractivity contribution >= 4 is 15.2 Å². The van der Waals surface area contributed by atoms with Gasteiger partial charge in [-0.25, -0.2) is 0 Å². The summed E-state index contributed by atoms with van der Waals surface area (Å²) in [4.78, 5) is 11.2. The maximum Gasteiger partial charge on any atom is 0.327 e. The van der Waals surface area contributed by atoms with E-state index in [0.717, 1.165) is 4.68 Å². The topological polar surface area (TPSA) is 44.1 Å². The van der Waals surface area contributed by atoms with Crippen molar-refractivity contribution in [3.05, 3.63) is 42.2 Å². The zero-order valence-corrected chi connectivity index (χ0v) is 11.9. The number of hydrogen-bond donors (Lipinski definition) is 0. The number of carbonyl (C=O) groups excluding carboxylic acids is 1. The van der Waals surface area contributed by atoms with Crippen LogP contribution in [0.3, 0.4) is 0 Å². The van der Waals surface area contributed by atoms with Gasteiger partial charge in [0.05, 0.1) is 7.11 Å². The van der Waals surface area contributed by atoms with Crippen LogP contribution in [0.5, 0.6) is 0 Å². The Morgan fingerprint density at radius 2 is 2.05 bits per heavy atom. The Bertz CT molecular complexity index is 609. The number of ether oxygens (including phenoxy) is 1. The lowest BCUT2D eigenvalue weighted by Crippen LogP contribution is -2.13. The summed E-state index contributed by atoms with van der Waals surface area (Å²) in [5.41, 5.74) is -2.67. The zero-order chi connectivity index (χ0) is 14.8. The standard InChI is InChI=1S/C13H13F2N2O2P/c1-19-11(18)8-17-7-10(9-5-3-2-4-6-9)12(16-17)13(14,15)20/h2-7H,8,20H2,1H3. The highest BCUT2D eigenvalue weighted by Crippen LogP contribution is 2.39. The third-order valence-electron chi connectivity index (χ3n) is 2.68. The van der Waals surface area contributed by atoms with Crippen LogP contribution in [0.25, 0.3) is 11.1 Å². The number of halogens is 2. The Morgan fingerprint density at radius 1 is 1.40 bits per heavy atom. The van der Waals surface area contributed by atoms with Gasteiger partial charge in [0, 0.05) is 11.8 Å². The molecule has 1 aromatic heterocycles. The van der Waals surface area contributed by atoms with Crippen LogP contribution in [0.2, 0.25) is 0 Å². The van der Waals surface area contributed by atoms with E-state index in [9.17, 15) is 13.6 Å². The molecule has 0 amide bonds. The minimum atomic E-state index is -3.17. The summed E-state index contributed by atoms with van der Waals surface area (Å²) in [7, 11) is 2.69. The van der Waals surface area contributed by atoms with Crippen molar-refractivity contribution in [3.63, 3.8) is 0 Å². The molecule has 20 heavy (non-hydrogen) atoms. The van der Waals surface area contributed by atoms with Crippen molar-refractivity contribution in [2.45, 2.75) is 12.2 Å². The Balaban J connectivity index is 2.47. The maximum atomic E-state index is 13.6. The van der Waals surface area contributed by atoms with Crippen LogP contribution in [0.4, 0.5) is 8.78 Å². The van der Waals surface area contributed by atoms with Gasteiger partial charge in [0.2, 0.25) is 0 Å². The molecule has 0 aliphatic rings. The molecule has 0 saturated carbocycles. The molecule has 1 atom stereocenters. The van der Waals surface area contributed by atoms with Gasteiger partial charge >= 0.3 is 11.6 Å². The number of carbonyl (C=O) groups is 1. The summed E-state index contributed by atoms with van der Waals surface area (Å²) in [5, 5.41) is 3.79. The molecule has 0 N–H and O–H groups in total. The van der Waals surface area contributed by atoms with Crippen molar-refractivity contribution in [1.29, 1.82) is 0 Å². The SMILES string of the molecule is COC(=O)Cn1cc(-c2ccccc2)c(C(F)(F)P)n1. The van der Waals surface area contributed by atoms with Gasteiger partial charge in [-0.15, -0.1) is 0 Å². The lowest BCUT2D eigenvalue weighted by Gasteiger charge is -2.09. The molecule has 1 heterocycles.